The maximum Gasteiger partial charge on any atom is 0.335 e. The number of hydrogen-bond donors (Lipinski definition) is 0. The molecule has 0 bridgehead atoms. The lowest BCUT2D eigenvalue weighted by molar-refractivity contribution is -0.0385. The number of rotatable bonds is 7. The fourth-order valence-electron chi connectivity index (χ4n) is 5.98. The molecular weight excluding hydrogens is 493 g/mol. The van der Waals surface area contributed by atoms with Crippen molar-refractivity contribution in [1.82, 2.24) is 0 Å². The molecule has 0 N–H and O–H groups in total. The third-order valence-corrected chi connectivity index (χ3v) is 18.4. The van der Waals surface area contributed by atoms with Crippen LogP contribution in [0.15, 0.2) is 54.6 Å². The van der Waals surface area contributed by atoms with E-state index < -0.39 is 17.1 Å². The van der Waals surface area contributed by atoms with Gasteiger partial charge in [-0.3, -0.25) is 0 Å². The van der Waals surface area contributed by atoms with Gasteiger partial charge in [-0.1, -0.05) is 116 Å². The highest BCUT2D eigenvalue weighted by Gasteiger charge is 2.60. The van der Waals surface area contributed by atoms with E-state index in [1.54, 1.807) is 0 Å². The van der Waals surface area contributed by atoms with Gasteiger partial charge in [0.05, 0.1) is 18.8 Å². The molecule has 4 rings (SSSR count). The summed E-state index contributed by atoms with van der Waals surface area (Å²) in [5.41, 5.74) is 4.89. The lowest BCUT2D eigenvalue weighted by Gasteiger charge is -2.51. The first-order valence-corrected chi connectivity index (χ1v) is 18.0. The normalized spacial score (nSPS) is 25.7. The van der Waals surface area contributed by atoms with Crippen LogP contribution in [0.1, 0.15) is 84.6 Å². The van der Waals surface area contributed by atoms with Crippen molar-refractivity contribution >= 4 is 29.3 Å². The Morgan fingerprint density at radius 2 is 1.30 bits per heavy atom. The summed E-state index contributed by atoms with van der Waals surface area (Å²) in [5, 5.41) is 0. The van der Waals surface area contributed by atoms with Crippen LogP contribution in [0.3, 0.4) is 0 Å². The van der Waals surface area contributed by atoms with Crippen LogP contribution >= 0.6 is 0 Å². The topological polar surface area (TPSA) is 36.9 Å². The molecule has 0 spiro atoms. The molecule has 3 atom stereocenters. The Hall–Kier alpha value is -1.55. The van der Waals surface area contributed by atoms with Gasteiger partial charge >= 0.3 is 17.1 Å². The Morgan fingerprint density at radius 1 is 0.703 bits per heavy atom. The van der Waals surface area contributed by atoms with Crippen molar-refractivity contribution in [2.75, 3.05) is 6.61 Å². The molecule has 2 aromatic carbocycles. The Bertz CT molecular complexity index is 1030. The van der Waals surface area contributed by atoms with E-state index in [1.165, 1.54) is 16.7 Å². The highest BCUT2D eigenvalue weighted by Crippen LogP contribution is 2.48. The zero-order valence-electron chi connectivity index (χ0n) is 23.9. The van der Waals surface area contributed by atoms with Gasteiger partial charge in [-0.15, -0.1) is 0 Å². The molecule has 2 heterocycles. The Morgan fingerprint density at radius 3 is 1.92 bits per heavy atom. The molecule has 0 unspecified atom stereocenters. The summed E-state index contributed by atoms with van der Waals surface area (Å²) in [6.45, 7) is 18.7. The highest BCUT2D eigenvalue weighted by molar-refractivity contribution is 6.83. The standard InChI is InChI=1S/C31H46O4Si2/c1-22(2)36(23(3)4)32-21-31-30(34-37(35-36,24(5)6)25(7)8)20-29(33-31)28-16-12-15-27(19-28)18-17-26-13-10-9-11-14-26/h9-19,22-25,29-31H,20-21H2,1-8H3/b18-17+/t29-,30+,31-/m1/s1. The zero-order chi connectivity index (χ0) is 26.8. The summed E-state index contributed by atoms with van der Waals surface area (Å²) in [6, 6.07) is 19.1. The molecule has 4 nitrogen and oxygen atoms in total. The SMILES string of the molecule is CC(C)[Si]1(C(C)C)OC[C@H]2O[C@@H](c3cccc(/C=C/c4ccccc4)c3)C[C@@H]2O[Si](C(C)C)(C(C)C)O1. The van der Waals surface area contributed by atoms with E-state index in [1.807, 2.05) is 6.07 Å². The second kappa shape index (κ2) is 11.7. The Kier molecular flexibility index (Phi) is 8.99. The highest BCUT2D eigenvalue weighted by atomic mass is 28.5. The average molecular weight is 539 g/mol. The summed E-state index contributed by atoms with van der Waals surface area (Å²) in [6.07, 6.45) is 5.05. The van der Waals surface area contributed by atoms with Gasteiger partial charge in [0.1, 0.15) is 6.10 Å². The van der Waals surface area contributed by atoms with Crippen LogP contribution in [0.25, 0.3) is 12.2 Å². The summed E-state index contributed by atoms with van der Waals surface area (Å²) in [7, 11) is -5.16. The van der Waals surface area contributed by atoms with Gasteiger partial charge in [0.15, 0.2) is 0 Å². The van der Waals surface area contributed by atoms with Gasteiger partial charge in [-0.05, 0) is 44.9 Å². The summed E-state index contributed by atoms with van der Waals surface area (Å²) in [4.78, 5) is 0. The van der Waals surface area contributed by atoms with E-state index in [9.17, 15) is 0 Å². The van der Waals surface area contributed by atoms with Gasteiger partial charge in [-0.2, -0.15) is 0 Å². The molecule has 0 aliphatic carbocycles. The van der Waals surface area contributed by atoms with Gasteiger partial charge in [0.25, 0.3) is 0 Å². The quantitative estimate of drug-likeness (QED) is 0.261. The van der Waals surface area contributed by atoms with Crippen molar-refractivity contribution in [1.29, 1.82) is 0 Å². The molecule has 6 heteroatoms. The van der Waals surface area contributed by atoms with Gasteiger partial charge < -0.3 is 17.7 Å². The maximum absolute atomic E-state index is 7.32. The molecule has 2 saturated heterocycles. The Labute approximate surface area is 226 Å². The molecule has 0 aromatic heterocycles. The van der Waals surface area contributed by atoms with Crippen LogP contribution in [0.2, 0.25) is 22.2 Å². The third-order valence-electron chi connectivity index (χ3n) is 8.10. The van der Waals surface area contributed by atoms with Crippen LogP contribution in [0, 0.1) is 0 Å². The number of fused-ring (bicyclic) bond motifs is 1. The van der Waals surface area contributed by atoms with E-state index in [4.69, 9.17) is 17.7 Å². The van der Waals surface area contributed by atoms with Crippen LogP contribution in [0.5, 0.6) is 0 Å². The van der Waals surface area contributed by atoms with E-state index in [2.05, 4.69) is 116 Å². The van der Waals surface area contributed by atoms with Crippen LogP contribution in [-0.2, 0) is 17.7 Å². The molecule has 2 aliphatic rings. The number of ether oxygens (including phenoxy) is 1. The monoisotopic (exact) mass is 538 g/mol. The number of hydrogen-bond acceptors (Lipinski definition) is 4. The first-order chi connectivity index (χ1) is 17.6. The second-order valence-electron chi connectivity index (χ2n) is 11.9. The lowest BCUT2D eigenvalue weighted by atomic mass is 10.0. The molecule has 2 aromatic rings. The average Bonchev–Trinajstić information content (AvgIpc) is 3.25. The van der Waals surface area contributed by atoms with Gasteiger partial charge in [-0.25, -0.2) is 0 Å². The molecule has 37 heavy (non-hydrogen) atoms. The van der Waals surface area contributed by atoms with E-state index in [0.717, 1.165) is 6.42 Å². The molecule has 0 radical (unpaired) electrons. The van der Waals surface area contributed by atoms with Gasteiger partial charge in [0, 0.05) is 6.42 Å². The van der Waals surface area contributed by atoms with Crippen LogP contribution in [-0.4, -0.2) is 35.9 Å². The fraction of sp³-hybridized carbons (Fsp3) is 0.548. The van der Waals surface area contributed by atoms with Crippen molar-refractivity contribution < 1.29 is 17.7 Å². The molecule has 0 amide bonds. The summed E-state index contributed by atoms with van der Waals surface area (Å²) < 4.78 is 28.1. The van der Waals surface area contributed by atoms with Crippen molar-refractivity contribution in [3.63, 3.8) is 0 Å². The van der Waals surface area contributed by atoms with E-state index in [-0.39, 0.29) is 18.3 Å². The molecule has 0 saturated carbocycles. The minimum absolute atomic E-state index is 0.0121. The van der Waals surface area contributed by atoms with Crippen molar-refractivity contribution in [3.8, 4) is 0 Å². The number of benzene rings is 2. The fourth-order valence-corrected chi connectivity index (χ4v) is 17.2. The molecule has 202 valence electrons. The second-order valence-corrected chi connectivity index (χ2v) is 20.8. The first-order valence-electron chi connectivity index (χ1n) is 14.1. The Balaban J connectivity index is 1.62. The van der Waals surface area contributed by atoms with E-state index >= 15 is 0 Å². The maximum atomic E-state index is 7.32. The van der Waals surface area contributed by atoms with Crippen molar-refractivity contribution in [2.45, 2.75) is 102 Å². The van der Waals surface area contributed by atoms with Crippen molar-refractivity contribution in [2.24, 2.45) is 0 Å². The molecule has 2 fully saturated rings. The predicted molar refractivity (Wildman–Crippen MR) is 158 cm³/mol. The van der Waals surface area contributed by atoms with E-state index in [0.29, 0.717) is 28.8 Å². The largest absolute Gasteiger partial charge is 0.414 e. The van der Waals surface area contributed by atoms with Crippen molar-refractivity contribution in [3.05, 3.63) is 71.3 Å². The zero-order valence-corrected chi connectivity index (χ0v) is 25.9. The molecule has 2 aliphatic heterocycles. The predicted octanol–water partition coefficient (Wildman–Crippen LogP) is 8.64. The summed E-state index contributed by atoms with van der Waals surface area (Å²) in [5.74, 6) is 0. The molecular formula is C31H46O4Si2. The van der Waals surface area contributed by atoms with Crippen LogP contribution < -0.4 is 0 Å². The van der Waals surface area contributed by atoms with Gasteiger partial charge in [0.2, 0.25) is 0 Å². The minimum atomic E-state index is -2.61. The van der Waals surface area contributed by atoms with Crippen LogP contribution in [0.4, 0.5) is 0 Å². The summed E-state index contributed by atoms with van der Waals surface area (Å²) >= 11 is 0. The lowest BCUT2D eigenvalue weighted by Crippen LogP contribution is -2.65. The third kappa shape index (κ3) is 5.90. The first kappa shape index (κ1) is 28.5. The minimum Gasteiger partial charge on any atom is -0.414 e. The smallest absolute Gasteiger partial charge is 0.335 e.